The van der Waals surface area contributed by atoms with Gasteiger partial charge in [0.15, 0.2) is 0 Å². The van der Waals surface area contributed by atoms with Gasteiger partial charge in [-0.25, -0.2) is 9.59 Å². The Bertz CT molecular complexity index is 973. The highest BCUT2D eigenvalue weighted by Crippen LogP contribution is 2.48. The zero-order chi connectivity index (χ0) is 23.9. The number of aliphatic carboxylic acids is 2. The smallest absolute Gasteiger partial charge is 0.416 e. The maximum absolute atomic E-state index is 13.1. The summed E-state index contributed by atoms with van der Waals surface area (Å²) in [7, 11) is 4.03. The monoisotopic (exact) mass is 467 g/mol. The second-order valence-corrected chi connectivity index (χ2v) is 8.48. The summed E-state index contributed by atoms with van der Waals surface area (Å²) >= 11 is 1.57. The van der Waals surface area contributed by atoms with Crippen LogP contribution in [0, 0.1) is 0 Å². The molecule has 0 bridgehead atoms. The predicted octanol–water partition coefficient (Wildman–Crippen LogP) is 5.36. The van der Waals surface area contributed by atoms with Gasteiger partial charge < -0.3 is 15.1 Å². The molecule has 9 heteroatoms. The molecule has 3 rings (SSSR count). The third-order valence-electron chi connectivity index (χ3n) is 4.69. The molecule has 0 radical (unpaired) electrons. The maximum Gasteiger partial charge on any atom is 0.416 e. The highest BCUT2D eigenvalue weighted by Gasteiger charge is 2.33. The Morgan fingerprint density at radius 1 is 1.00 bits per heavy atom. The lowest BCUT2D eigenvalue weighted by molar-refractivity contribution is -0.137. The van der Waals surface area contributed by atoms with Crippen molar-refractivity contribution in [2.45, 2.75) is 34.7 Å². The highest BCUT2D eigenvalue weighted by molar-refractivity contribution is 7.99. The van der Waals surface area contributed by atoms with Crippen LogP contribution in [0.3, 0.4) is 0 Å². The molecule has 0 spiro atoms. The number of fused-ring (bicyclic) bond motifs is 2. The van der Waals surface area contributed by atoms with E-state index in [0.29, 0.717) is 12.2 Å². The number of hydrogen-bond acceptors (Lipinski definition) is 4. The molecule has 2 aromatic carbocycles. The molecule has 0 saturated heterocycles. The third kappa shape index (κ3) is 7.42. The van der Waals surface area contributed by atoms with Crippen LogP contribution in [0.2, 0.25) is 0 Å². The summed E-state index contributed by atoms with van der Waals surface area (Å²) in [6.45, 7) is 0.931. The molecule has 0 amide bonds. The summed E-state index contributed by atoms with van der Waals surface area (Å²) in [6, 6.07) is 12.2. The first-order valence-corrected chi connectivity index (χ1v) is 10.6. The number of alkyl halides is 3. The second kappa shape index (κ2) is 11.2. The second-order valence-electron chi connectivity index (χ2n) is 7.40. The largest absolute Gasteiger partial charge is 0.478 e. The predicted molar refractivity (Wildman–Crippen MR) is 116 cm³/mol. The van der Waals surface area contributed by atoms with E-state index in [4.69, 9.17) is 10.2 Å². The number of benzene rings is 2. The van der Waals surface area contributed by atoms with E-state index in [2.05, 4.69) is 11.0 Å². The lowest BCUT2D eigenvalue weighted by atomic mass is 9.86. The summed E-state index contributed by atoms with van der Waals surface area (Å²) in [5, 5.41) is 15.6. The third-order valence-corrected chi connectivity index (χ3v) is 5.88. The van der Waals surface area contributed by atoms with Crippen LogP contribution in [0.25, 0.3) is 0 Å². The zero-order valence-corrected chi connectivity index (χ0v) is 18.4. The first kappa shape index (κ1) is 25.5. The number of carboxylic acids is 2. The quantitative estimate of drug-likeness (QED) is 0.558. The summed E-state index contributed by atoms with van der Waals surface area (Å²) in [6.07, 6.45) is -1.38. The average molecular weight is 468 g/mol. The van der Waals surface area contributed by atoms with Gasteiger partial charge in [0.25, 0.3) is 0 Å². The van der Waals surface area contributed by atoms with E-state index < -0.39 is 23.7 Å². The van der Waals surface area contributed by atoms with Gasteiger partial charge in [-0.05, 0) is 68.9 Å². The van der Waals surface area contributed by atoms with Crippen molar-refractivity contribution in [2.75, 3.05) is 20.6 Å². The van der Waals surface area contributed by atoms with E-state index in [1.165, 1.54) is 12.1 Å². The van der Waals surface area contributed by atoms with Crippen molar-refractivity contribution in [1.82, 2.24) is 4.90 Å². The molecule has 172 valence electrons. The zero-order valence-electron chi connectivity index (χ0n) is 17.6. The number of carbonyl (C=O) groups is 2. The lowest BCUT2D eigenvalue weighted by Gasteiger charge is -2.29. The van der Waals surface area contributed by atoms with Gasteiger partial charge in [-0.3, -0.25) is 0 Å². The first-order valence-electron chi connectivity index (χ1n) is 9.75. The molecule has 5 nitrogen and oxygen atoms in total. The van der Waals surface area contributed by atoms with Crippen LogP contribution in [-0.4, -0.2) is 47.7 Å². The van der Waals surface area contributed by atoms with Gasteiger partial charge >= 0.3 is 18.1 Å². The summed E-state index contributed by atoms with van der Waals surface area (Å²) in [5.74, 6) is -2.49. The van der Waals surface area contributed by atoms with Crippen molar-refractivity contribution in [3.8, 4) is 0 Å². The van der Waals surface area contributed by atoms with Gasteiger partial charge in [-0.1, -0.05) is 30.0 Å². The SMILES string of the molecule is CN(C)CCCC1c2ccccc2Sc2ccc(C(F)(F)F)cc21.O=C(O)/C=C\C(=O)O. The van der Waals surface area contributed by atoms with Gasteiger partial charge in [0.2, 0.25) is 0 Å². The van der Waals surface area contributed by atoms with E-state index in [1.807, 2.05) is 32.3 Å². The van der Waals surface area contributed by atoms with E-state index >= 15 is 0 Å². The molecule has 2 N–H and O–H groups in total. The molecule has 0 fully saturated rings. The van der Waals surface area contributed by atoms with Crippen LogP contribution in [0.5, 0.6) is 0 Å². The van der Waals surface area contributed by atoms with Crippen LogP contribution >= 0.6 is 11.8 Å². The van der Waals surface area contributed by atoms with Gasteiger partial charge in [0.1, 0.15) is 0 Å². The summed E-state index contributed by atoms with van der Waals surface area (Å²) in [4.78, 5) is 23.3. The molecular formula is C23H24F3NO4S. The van der Waals surface area contributed by atoms with Crippen LogP contribution < -0.4 is 0 Å². The normalized spacial score (nSPS) is 15.0. The number of carboxylic acid groups (broad SMARTS) is 2. The van der Waals surface area contributed by atoms with E-state index in [-0.39, 0.29) is 5.92 Å². The van der Waals surface area contributed by atoms with E-state index in [9.17, 15) is 22.8 Å². The average Bonchev–Trinajstić information content (AvgIpc) is 2.71. The molecule has 1 unspecified atom stereocenters. The molecule has 32 heavy (non-hydrogen) atoms. The maximum atomic E-state index is 13.1. The Labute approximate surface area is 188 Å². The molecule has 1 aliphatic rings. The number of rotatable bonds is 6. The molecule has 0 aliphatic carbocycles. The topological polar surface area (TPSA) is 77.8 Å². The van der Waals surface area contributed by atoms with Gasteiger partial charge in [0.05, 0.1) is 5.56 Å². The minimum atomic E-state index is -4.30. The Hall–Kier alpha value is -2.78. The number of halogens is 3. The minimum absolute atomic E-state index is 0.0275. The highest BCUT2D eigenvalue weighted by atomic mass is 32.2. The molecule has 1 heterocycles. The summed E-state index contributed by atoms with van der Waals surface area (Å²) < 4.78 is 39.4. The lowest BCUT2D eigenvalue weighted by Crippen LogP contribution is -2.16. The molecule has 0 aromatic heterocycles. The molecule has 1 aliphatic heterocycles. The standard InChI is InChI=1S/C19H20F3NS.C4H4O4/c1-23(2)11-5-7-14-15-6-3-4-8-17(15)24-18-10-9-13(12-16(14)18)19(20,21)22;5-3(6)1-2-4(7)8/h3-4,6,8-10,12,14H,5,7,11H2,1-2H3;1-2H,(H,5,6)(H,7,8)/b;2-1-. The first-order chi connectivity index (χ1) is 15.0. The van der Waals surface area contributed by atoms with Crippen LogP contribution in [-0.2, 0) is 15.8 Å². The van der Waals surface area contributed by atoms with Crippen molar-refractivity contribution >= 4 is 23.7 Å². The van der Waals surface area contributed by atoms with Crippen molar-refractivity contribution in [3.63, 3.8) is 0 Å². The molecule has 0 saturated carbocycles. The molecular weight excluding hydrogens is 443 g/mol. The summed E-state index contributed by atoms with van der Waals surface area (Å²) in [5.41, 5.74) is 1.40. The van der Waals surface area contributed by atoms with Crippen molar-refractivity contribution in [3.05, 3.63) is 71.3 Å². The van der Waals surface area contributed by atoms with Gasteiger partial charge in [0, 0.05) is 27.9 Å². The fourth-order valence-electron chi connectivity index (χ4n) is 3.30. The number of nitrogens with zero attached hydrogens (tertiary/aromatic N) is 1. The fourth-order valence-corrected chi connectivity index (χ4v) is 4.47. The fraction of sp³-hybridized carbons (Fsp3) is 0.304. The van der Waals surface area contributed by atoms with Gasteiger partial charge in [-0.15, -0.1) is 0 Å². The van der Waals surface area contributed by atoms with Crippen molar-refractivity contribution in [1.29, 1.82) is 0 Å². The Kier molecular flexibility index (Phi) is 8.91. The van der Waals surface area contributed by atoms with Crippen LogP contribution in [0.15, 0.2) is 64.4 Å². The number of hydrogen-bond donors (Lipinski definition) is 2. The Morgan fingerprint density at radius 3 is 2.16 bits per heavy atom. The van der Waals surface area contributed by atoms with Crippen molar-refractivity contribution in [2.24, 2.45) is 0 Å². The van der Waals surface area contributed by atoms with Gasteiger partial charge in [-0.2, -0.15) is 13.2 Å². The van der Waals surface area contributed by atoms with Crippen molar-refractivity contribution < 1.29 is 33.0 Å². The molecule has 1 atom stereocenters. The van der Waals surface area contributed by atoms with Crippen LogP contribution in [0.1, 0.15) is 35.4 Å². The molecule has 2 aromatic rings. The van der Waals surface area contributed by atoms with E-state index in [1.54, 1.807) is 17.8 Å². The Balaban J connectivity index is 0.000000390. The van der Waals surface area contributed by atoms with Crippen LogP contribution in [0.4, 0.5) is 13.2 Å². The van der Waals surface area contributed by atoms with E-state index in [0.717, 1.165) is 40.3 Å². The minimum Gasteiger partial charge on any atom is -0.478 e. The Morgan fingerprint density at radius 2 is 1.59 bits per heavy atom.